The van der Waals surface area contributed by atoms with Crippen LogP contribution in [0.5, 0.6) is 11.5 Å². The van der Waals surface area contributed by atoms with Gasteiger partial charge in [0, 0.05) is 5.92 Å². The largest absolute Gasteiger partial charge is 0.496 e. The van der Waals surface area contributed by atoms with Crippen LogP contribution in [-0.4, -0.2) is 25.9 Å². The van der Waals surface area contributed by atoms with Gasteiger partial charge in [0.2, 0.25) is 0 Å². The number of carbonyl (C=O) groups is 1. The first kappa shape index (κ1) is 19.1. The first-order valence-corrected chi connectivity index (χ1v) is 9.79. The minimum absolute atomic E-state index is 0.190. The number of carbonyl (C=O) groups excluding carboxylic acids is 1. The molecular weight excluding hydrogens is 335 g/mol. The average molecular weight is 359 g/mol. The molecule has 2 aromatic carbocycles. The molecule has 132 valence electrons. The van der Waals surface area contributed by atoms with Gasteiger partial charge in [0.15, 0.2) is 11.7 Å². The van der Waals surface area contributed by atoms with E-state index in [-0.39, 0.29) is 11.5 Å². The first-order chi connectivity index (χ1) is 12.1. The smallest absolute Gasteiger partial charge is 0.420 e. The summed E-state index contributed by atoms with van der Waals surface area (Å²) >= 11 is 0. The fraction of sp³-hybridized carbons (Fsp3) is 0.350. The van der Waals surface area contributed by atoms with Gasteiger partial charge in [0.1, 0.15) is 11.5 Å². The van der Waals surface area contributed by atoms with E-state index in [0.29, 0.717) is 17.7 Å². The lowest BCUT2D eigenvalue weighted by Crippen LogP contribution is -2.10. The fourth-order valence-electron chi connectivity index (χ4n) is 2.79. The molecule has 0 saturated carbocycles. The standard InChI is InChI=1S/C20H24O4P/c1-4-15(13-16-9-6-5-7-10-16)14-25(22)20(21)19-17(23-2)11-8-12-18(19)24-3/h5-12,15H,4,13-14H2,1-3H3/q+1. The first-order valence-electron chi connectivity index (χ1n) is 8.34. The number of hydrogen-bond donors (Lipinski definition) is 0. The van der Waals surface area contributed by atoms with E-state index in [4.69, 9.17) is 9.47 Å². The molecule has 0 radical (unpaired) electrons. The monoisotopic (exact) mass is 359 g/mol. The number of rotatable bonds is 9. The summed E-state index contributed by atoms with van der Waals surface area (Å²) in [7, 11) is 0.926. The van der Waals surface area contributed by atoms with Crippen LogP contribution in [-0.2, 0) is 11.0 Å². The Kier molecular flexibility index (Phi) is 7.15. The highest BCUT2D eigenvalue weighted by Crippen LogP contribution is 2.39. The van der Waals surface area contributed by atoms with Gasteiger partial charge in [-0.15, -0.1) is 0 Å². The lowest BCUT2D eigenvalue weighted by molar-refractivity contribution is 0.107. The minimum atomic E-state index is -2.05. The van der Waals surface area contributed by atoms with Gasteiger partial charge in [0.05, 0.1) is 14.2 Å². The molecule has 2 atom stereocenters. The van der Waals surface area contributed by atoms with E-state index in [2.05, 4.69) is 19.1 Å². The van der Waals surface area contributed by atoms with Crippen molar-refractivity contribution in [2.45, 2.75) is 19.8 Å². The Hall–Kier alpha value is -2.19. The van der Waals surface area contributed by atoms with Crippen molar-refractivity contribution in [2.75, 3.05) is 20.4 Å². The van der Waals surface area contributed by atoms with Crippen molar-refractivity contribution in [3.8, 4) is 11.5 Å². The molecule has 0 aliphatic heterocycles. The third kappa shape index (κ3) is 4.90. The summed E-state index contributed by atoms with van der Waals surface area (Å²) in [5.74, 6) is 0.975. The van der Waals surface area contributed by atoms with E-state index in [9.17, 15) is 9.36 Å². The number of ether oxygens (including phenoxy) is 2. The van der Waals surface area contributed by atoms with Crippen LogP contribution < -0.4 is 9.47 Å². The summed E-state index contributed by atoms with van der Waals surface area (Å²) in [5, 5.41) is 0. The molecule has 2 rings (SSSR count). The molecule has 2 aromatic rings. The summed E-state index contributed by atoms with van der Waals surface area (Å²) in [4.78, 5) is 12.8. The second kappa shape index (κ2) is 9.33. The van der Waals surface area contributed by atoms with E-state index in [1.54, 1.807) is 18.2 Å². The molecule has 25 heavy (non-hydrogen) atoms. The topological polar surface area (TPSA) is 52.6 Å². The summed E-state index contributed by atoms with van der Waals surface area (Å²) < 4.78 is 23.2. The van der Waals surface area contributed by atoms with Gasteiger partial charge in [-0.05, 0) is 30.5 Å². The van der Waals surface area contributed by atoms with Crippen molar-refractivity contribution in [1.29, 1.82) is 0 Å². The summed E-state index contributed by atoms with van der Waals surface area (Å²) in [6.45, 7) is 2.06. The maximum Gasteiger partial charge on any atom is 0.420 e. The second-order valence-electron chi connectivity index (χ2n) is 5.87. The molecule has 0 fully saturated rings. The van der Waals surface area contributed by atoms with Crippen molar-refractivity contribution in [1.82, 2.24) is 0 Å². The summed E-state index contributed by atoms with van der Waals surface area (Å²) in [6.07, 6.45) is 2.04. The van der Waals surface area contributed by atoms with Crippen LogP contribution in [0.3, 0.4) is 0 Å². The van der Waals surface area contributed by atoms with Gasteiger partial charge in [-0.1, -0.05) is 47.9 Å². The van der Waals surface area contributed by atoms with Crippen LogP contribution in [0.25, 0.3) is 0 Å². The Morgan fingerprint density at radius 1 is 1.00 bits per heavy atom. The maximum atomic E-state index is 12.8. The molecule has 0 aliphatic rings. The van der Waals surface area contributed by atoms with E-state index < -0.39 is 13.3 Å². The Morgan fingerprint density at radius 2 is 1.60 bits per heavy atom. The lowest BCUT2D eigenvalue weighted by atomic mass is 9.99. The molecule has 4 nitrogen and oxygen atoms in total. The van der Waals surface area contributed by atoms with Gasteiger partial charge in [-0.25, -0.2) is 4.79 Å². The van der Waals surface area contributed by atoms with Gasteiger partial charge in [-0.3, -0.25) is 0 Å². The third-order valence-electron chi connectivity index (χ3n) is 4.24. The van der Waals surface area contributed by atoms with Gasteiger partial charge in [0.25, 0.3) is 0 Å². The van der Waals surface area contributed by atoms with Crippen molar-refractivity contribution in [3.63, 3.8) is 0 Å². The van der Waals surface area contributed by atoms with E-state index in [1.807, 2.05) is 18.2 Å². The molecule has 5 heteroatoms. The molecule has 2 unspecified atom stereocenters. The van der Waals surface area contributed by atoms with Gasteiger partial charge < -0.3 is 9.47 Å². The Bertz CT molecular complexity index is 705. The van der Waals surface area contributed by atoms with Crippen molar-refractivity contribution in [2.24, 2.45) is 5.92 Å². The third-order valence-corrected chi connectivity index (χ3v) is 5.76. The second-order valence-corrected chi connectivity index (χ2v) is 7.40. The van der Waals surface area contributed by atoms with Crippen molar-refractivity contribution < 1.29 is 18.8 Å². The van der Waals surface area contributed by atoms with E-state index >= 15 is 0 Å². The van der Waals surface area contributed by atoms with Crippen molar-refractivity contribution >= 4 is 13.3 Å². The SMILES string of the molecule is CCC(Cc1ccccc1)C[P+](=O)C(=O)c1c(OC)cccc1OC. The average Bonchev–Trinajstić information content (AvgIpc) is 2.66. The van der Waals surface area contributed by atoms with Crippen LogP contribution in [0, 0.1) is 5.92 Å². The summed E-state index contributed by atoms with van der Waals surface area (Å²) in [6, 6.07) is 15.2. The zero-order valence-corrected chi connectivity index (χ0v) is 15.8. The van der Waals surface area contributed by atoms with Crippen molar-refractivity contribution in [3.05, 3.63) is 59.7 Å². The fourth-order valence-corrected chi connectivity index (χ4v) is 4.28. The predicted molar refractivity (Wildman–Crippen MR) is 100 cm³/mol. The number of benzene rings is 2. The molecule has 0 bridgehead atoms. The zero-order valence-electron chi connectivity index (χ0n) is 14.9. The molecule has 0 aromatic heterocycles. The Labute approximate surface area is 150 Å². The molecule has 0 saturated heterocycles. The molecule has 0 amide bonds. The van der Waals surface area contributed by atoms with Crippen LogP contribution >= 0.6 is 7.80 Å². The molecule has 0 heterocycles. The molecular formula is C20H24O4P+. The zero-order chi connectivity index (χ0) is 18.2. The predicted octanol–water partition coefficient (Wildman–Crippen LogP) is 4.94. The van der Waals surface area contributed by atoms with Gasteiger partial charge in [-0.2, -0.15) is 0 Å². The highest BCUT2D eigenvalue weighted by Gasteiger charge is 2.37. The highest BCUT2D eigenvalue weighted by molar-refractivity contribution is 7.64. The Morgan fingerprint density at radius 3 is 2.12 bits per heavy atom. The van der Waals surface area contributed by atoms with Crippen LogP contribution in [0.2, 0.25) is 0 Å². The van der Waals surface area contributed by atoms with Crippen LogP contribution in [0.4, 0.5) is 0 Å². The van der Waals surface area contributed by atoms with Crippen LogP contribution in [0.1, 0.15) is 29.3 Å². The lowest BCUT2D eigenvalue weighted by Gasteiger charge is -2.10. The number of methoxy groups -OCH3 is 2. The van der Waals surface area contributed by atoms with Gasteiger partial charge >= 0.3 is 13.3 Å². The normalized spacial score (nSPS) is 12.4. The molecule has 0 aliphatic carbocycles. The quantitative estimate of drug-likeness (QED) is 0.595. The van der Waals surface area contributed by atoms with Crippen LogP contribution in [0.15, 0.2) is 48.5 Å². The Balaban J connectivity index is 2.15. The molecule has 0 spiro atoms. The minimum Gasteiger partial charge on any atom is -0.496 e. The summed E-state index contributed by atoms with van der Waals surface area (Å²) in [5.41, 5.74) is 1.05. The van der Waals surface area contributed by atoms with E-state index in [1.165, 1.54) is 19.8 Å². The maximum absolute atomic E-state index is 12.8. The van der Waals surface area contributed by atoms with E-state index in [0.717, 1.165) is 12.8 Å². The number of hydrogen-bond acceptors (Lipinski definition) is 4. The molecule has 0 N–H and O–H groups in total. The highest BCUT2D eigenvalue weighted by atomic mass is 31.1.